The first-order valence-electron chi connectivity index (χ1n) is 9.27. The molecule has 1 heterocycles. The molecule has 0 bridgehead atoms. The highest BCUT2D eigenvalue weighted by atomic mass is 19.1. The van der Waals surface area contributed by atoms with E-state index in [9.17, 15) is 14.0 Å². The number of hydrogen-bond acceptors (Lipinski definition) is 4. The highest BCUT2D eigenvalue weighted by Gasteiger charge is 2.29. The first kappa shape index (κ1) is 20.4. The third kappa shape index (κ3) is 5.60. The summed E-state index contributed by atoms with van der Waals surface area (Å²) in [5.74, 6) is 0.880. The number of ether oxygens (including phenoxy) is 2. The van der Waals surface area contributed by atoms with Crippen LogP contribution in [0.2, 0.25) is 0 Å². The minimum atomic E-state index is -0.371. The number of carbonyl (C=O) groups is 2. The molecule has 0 aliphatic carbocycles. The minimum absolute atomic E-state index is 0.0218. The van der Waals surface area contributed by atoms with Crippen LogP contribution in [-0.4, -0.2) is 44.1 Å². The van der Waals surface area contributed by atoms with E-state index in [0.29, 0.717) is 43.2 Å². The summed E-state index contributed by atoms with van der Waals surface area (Å²) in [5, 5.41) is 5.54. The first-order valence-corrected chi connectivity index (χ1v) is 9.27. The zero-order valence-electron chi connectivity index (χ0n) is 16.4. The molecule has 3 amide bonds. The van der Waals surface area contributed by atoms with Crippen LogP contribution < -0.4 is 20.1 Å². The lowest BCUT2D eigenvalue weighted by atomic mass is 10.1. The number of carbonyl (C=O) groups excluding carboxylic acids is 2. The van der Waals surface area contributed by atoms with Gasteiger partial charge in [0.05, 0.1) is 14.2 Å². The quantitative estimate of drug-likeness (QED) is 0.748. The van der Waals surface area contributed by atoms with E-state index in [1.165, 1.54) is 26.4 Å². The van der Waals surface area contributed by atoms with Crippen molar-refractivity contribution in [2.45, 2.75) is 13.0 Å². The number of nitrogens with one attached hydrogen (secondary N) is 2. The first-order chi connectivity index (χ1) is 14.0. The Morgan fingerprint density at radius 1 is 1.14 bits per heavy atom. The van der Waals surface area contributed by atoms with Gasteiger partial charge in [0.2, 0.25) is 5.91 Å². The molecule has 2 aromatic rings. The van der Waals surface area contributed by atoms with Gasteiger partial charge in [-0.2, -0.15) is 0 Å². The molecule has 0 aromatic heterocycles. The third-order valence-corrected chi connectivity index (χ3v) is 4.74. The van der Waals surface area contributed by atoms with Crippen LogP contribution in [0.3, 0.4) is 0 Å². The number of amides is 3. The summed E-state index contributed by atoms with van der Waals surface area (Å²) in [4.78, 5) is 26.2. The fraction of sp³-hybridized carbons (Fsp3) is 0.333. The van der Waals surface area contributed by atoms with E-state index >= 15 is 0 Å². The molecule has 2 aromatic carbocycles. The van der Waals surface area contributed by atoms with Crippen LogP contribution in [0.1, 0.15) is 12.0 Å². The molecule has 154 valence electrons. The van der Waals surface area contributed by atoms with Gasteiger partial charge in [-0.3, -0.25) is 4.79 Å². The normalized spacial score (nSPS) is 15.9. The van der Waals surface area contributed by atoms with E-state index in [-0.39, 0.29) is 23.7 Å². The van der Waals surface area contributed by atoms with Crippen molar-refractivity contribution in [3.05, 3.63) is 53.8 Å². The second kappa shape index (κ2) is 9.27. The summed E-state index contributed by atoms with van der Waals surface area (Å²) in [6.45, 7) is 1.35. The van der Waals surface area contributed by atoms with Gasteiger partial charge in [-0.15, -0.1) is 0 Å². The maximum absolute atomic E-state index is 13.0. The fourth-order valence-electron chi connectivity index (χ4n) is 3.25. The lowest BCUT2D eigenvalue weighted by Gasteiger charge is -2.17. The largest absolute Gasteiger partial charge is 0.497 e. The Morgan fingerprint density at radius 2 is 1.79 bits per heavy atom. The van der Waals surface area contributed by atoms with Crippen LogP contribution in [-0.2, 0) is 11.3 Å². The number of likely N-dealkylation sites (tertiary alicyclic amines) is 1. The van der Waals surface area contributed by atoms with Gasteiger partial charge in [-0.25, -0.2) is 9.18 Å². The molecule has 1 unspecified atom stereocenters. The summed E-state index contributed by atoms with van der Waals surface area (Å²) in [6, 6.07) is 10.8. The lowest BCUT2D eigenvalue weighted by Crippen LogP contribution is -2.34. The Bertz CT molecular complexity index is 850. The van der Waals surface area contributed by atoms with Gasteiger partial charge >= 0.3 is 6.03 Å². The van der Waals surface area contributed by atoms with E-state index in [2.05, 4.69) is 10.6 Å². The van der Waals surface area contributed by atoms with Crippen molar-refractivity contribution in [3.8, 4) is 11.5 Å². The van der Waals surface area contributed by atoms with Gasteiger partial charge in [-0.05, 0) is 17.7 Å². The smallest absolute Gasteiger partial charge is 0.319 e. The minimum Gasteiger partial charge on any atom is -0.497 e. The van der Waals surface area contributed by atoms with Gasteiger partial charge in [0, 0.05) is 55.9 Å². The van der Waals surface area contributed by atoms with Gasteiger partial charge in [-0.1, -0.05) is 12.1 Å². The molecule has 1 aliphatic heterocycles. The predicted octanol–water partition coefficient (Wildman–Crippen LogP) is 3.01. The molecule has 8 heteroatoms. The molecule has 1 aliphatic rings. The van der Waals surface area contributed by atoms with E-state index in [4.69, 9.17) is 9.47 Å². The SMILES string of the molecule is COc1cc(NC(=O)NCC2CC(=O)N(Cc3ccc(F)cc3)C2)cc(OC)c1. The molecule has 0 radical (unpaired) electrons. The fourth-order valence-corrected chi connectivity index (χ4v) is 3.25. The van der Waals surface area contributed by atoms with E-state index in [0.717, 1.165) is 5.56 Å². The Morgan fingerprint density at radius 3 is 2.41 bits per heavy atom. The Kier molecular flexibility index (Phi) is 6.54. The highest BCUT2D eigenvalue weighted by Crippen LogP contribution is 2.25. The summed E-state index contributed by atoms with van der Waals surface area (Å²) in [7, 11) is 3.07. The molecule has 3 rings (SSSR count). The number of methoxy groups -OCH3 is 2. The van der Waals surface area contributed by atoms with E-state index < -0.39 is 0 Å². The summed E-state index contributed by atoms with van der Waals surface area (Å²) in [5.41, 5.74) is 1.41. The van der Waals surface area contributed by atoms with E-state index in [1.54, 1.807) is 35.2 Å². The number of anilines is 1. The van der Waals surface area contributed by atoms with Crippen molar-refractivity contribution < 1.29 is 23.5 Å². The Balaban J connectivity index is 1.49. The Labute approximate surface area is 168 Å². The predicted molar refractivity (Wildman–Crippen MR) is 106 cm³/mol. The molecular weight excluding hydrogens is 377 g/mol. The molecule has 2 N–H and O–H groups in total. The number of halogens is 1. The summed E-state index contributed by atoms with van der Waals surface area (Å²) >= 11 is 0. The monoisotopic (exact) mass is 401 g/mol. The maximum Gasteiger partial charge on any atom is 0.319 e. The van der Waals surface area contributed by atoms with Crippen LogP contribution in [0.15, 0.2) is 42.5 Å². The third-order valence-electron chi connectivity index (χ3n) is 4.74. The zero-order chi connectivity index (χ0) is 20.8. The van der Waals surface area contributed by atoms with Crippen molar-refractivity contribution in [2.75, 3.05) is 32.6 Å². The molecule has 1 fully saturated rings. The average Bonchev–Trinajstić information content (AvgIpc) is 3.07. The highest BCUT2D eigenvalue weighted by molar-refractivity contribution is 5.89. The van der Waals surface area contributed by atoms with Crippen molar-refractivity contribution in [2.24, 2.45) is 5.92 Å². The van der Waals surface area contributed by atoms with Crippen LogP contribution in [0, 0.1) is 11.7 Å². The van der Waals surface area contributed by atoms with Crippen LogP contribution in [0.25, 0.3) is 0 Å². The Hall–Kier alpha value is -3.29. The zero-order valence-corrected chi connectivity index (χ0v) is 16.4. The lowest BCUT2D eigenvalue weighted by molar-refractivity contribution is -0.128. The summed E-state index contributed by atoms with van der Waals surface area (Å²) < 4.78 is 23.4. The molecule has 29 heavy (non-hydrogen) atoms. The average molecular weight is 401 g/mol. The standard InChI is InChI=1S/C21H24FN3O4/c1-28-18-8-17(9-19(10-18)29-2)24-21(27)23-11-15-7-20(26)25(13-15)12-14-3-5-16(22)6-4-14/h3-6,8-10,15H,7,11-13H2,1-2H3,(H2,23,24,27). The molecule has 0 saturated carbocycles. The van der Waals surface area contributed by atoms with Crippen LogP contribution in [0.4, 0.5) is 14.9 Å². The van der Waals surface area contributed by atoms with Gasteiger partial charge in [0.25, 0.3) is 0 Å². The number of nitrogens with zero attached hydrogens (tertiary/aromatic N) is 1. The maximum atomic E-state index is 13.0. The topological polar surface area (TPSA) is 79.9 Å². The molecule has 1 saturated heterocycles. The second-order valence-corrected chi connectivity index (χ2v) is 6.91. The van der Waals surface area contributed by atoms with Gasteiger partial charge in [0.1, 0.15) is 17.3 Å². The van der Waals surface area contributed by atoms with Gasteiger partial charge < -0.3 is 25.0 Å². The number of benzene rings is 2. The number of urea groups is 1. The second-order valence-electron chi connectivity index (χ2n) is 6.91. The summed E-state index contributed by atoms with van der Waals surface area (Å²) in [6.07, 6.45) is 0.370. The molecular formula is C21H24FN3O4. The van der Waals surface area contributed by atoms with Crippen molar-refractivity contribution in [1.29, 1.82) is 0 Å². The van der Waals surface area contributed by atoms with Crippen molar-refractivity contribution in [3.63, 3.8) is 0 Å². The van der Waals surface area contributed by atoms with Crippen molar-refractivity contribution >= 4 is 17.6 Å². The molecule has 7 nitrogen and oxygen atoms in total. The van der Waals surface area contributed by atoms with Crippen LogP contribution in [0.5, 0.6) is 11.5 Å². The van der Waals surface area contributed by atoms with E-state index in [1.807, 2.05) is 0 Å². The van der Waals surface area contributed by atoms with Gasteiger partial charge in [0.15, 0.2) is 0 Å². The molecule has 1 atom stereocenters. The van der Waals surface area contributed by atoms with Crippen LogP contribution >= 0.6 is 0 Å². The number of rotatable bonds is 7. The van der Waals surface area contributed by atoms with Crippen molar-refractivity contribution in [1.82, 2.24) is 10.2 Å². The number of hydrogen-bond donors (Lipinski definition) is 2. The molecule has 0 spiro atoms.